The van der Waals surface area contributed by atoms with Crippen LogP contribution in [0.1, 0.15) is 17.4 Å². The summed E-state index contributed by atoms with van der Waals surface area (Å²) >= 11 is 1.48. The van der Waals surface area contributed by atoms with Gasteiger partial charge in [0.15, 0.2) is 0 Å². The van der Waals surface area contributed by atoms with Gasteiger partial charge in [0.2, 0.25) is 0 Å². The summed E-state index contributed by atoms with van der Waals surface area (Å²) in [6.45, 7) is 0. The van der Waals surface area contributed by atoms with Gasteiger partial charge in [-0.05, 0) is 17.0 Å². The van der Waals surface area contributed by atoms with E-state index in [-0.39, 0.29) is 0 Å². The summed E-state index contributed by atoms with van der Waals surface area (Å²) in [5.41, 5.74) is 3.29. The van der Waals surface area contributed by atoms with Gasteiger partial charge in [0.25, 0.3) is 0 Å². The van der Waals surface area contributed by atoms with Gasteiger partial charge in [-0.15, -0.1) is 11.3 Å². The summed E-state index contributed by atoms with van der Waals surface area (Å²) in [5.74, 6) is 0. The van der Waals surface area contributed by atoms with Crippen LogP contribution in [0, 0.1) is 0 Å². The highest BCUT2D eigenvalue weighted by molar-refractivity contribution is 7.07. The van der Waals surface area contributed by atoms with Gasteiger partial charge >= 0.3 is 0 Å². The molecule has 17 heavy (non-hydrogen) atoms. The number of thiazole rings is 1. The van der Waals surface area contributed by atoms with Crippen LogP contribution >= 0.6 is 11.3 Å². The fourth-order valence-electron chi connectivity index (χ4n) is 1.90. The number of aliphatic hydroxyl groups excluding tert-OH is 1. The van der Waals surface area contributed by atoms with Gasteiger partial charge in [-0.2, -0.15) is 0 Å². The third-order valence-electron chi connectivity index (χ3n) is 2.74. The molecule has 1 aromatic carbocycles. The standard InChI is InChI=1S/C13H10N2OS/c16-13(12-7-17-8-15-12)11-3-1-2-9-6-14-5-4-10(9)11/h1-8,13,16H. The SMILES string of the molecule is OC(c1cscn1)c1cccc2cnccc12. The first-order valence-electron chi connectivity index (χ1n) is 5.25. The molecule has 4 heteroatoms. The summed E-state index contributed by atoms with van der Waals surface area (Å²) in [5, 5.41) is 14.2. The molecule has 0 spiro atoms. The number of fused-ring (bicyclic) bond motifs is 1. The van der Waals surface area contributed by atoms with E-state index < -0.39 is 6.10 Å². The highest BCUT2D eigenvalue weighted by Crippen LogP contribution is 2.28. The molecular weight excluding hydrogens is 232 g/mol. The van der Waals surface area contributed by atoms with E-state index in [1.165, 1.54) is 11.3 Å². The molecule has 0 saturated carbocycles. The predicted octanol–water partition coefficient (Wildman–Crippen LogP) is 2.77. The third-order valence-corrected chi connectivity index (χ3v) is 3.35. The van der Waals surface area contributed by atoms with Crippen LogP contribution in [-0.4, -0.2) is 15.1 Å². The Bertz CT molecular complexity index is 631. The van der Waals surface area contributed by atoms with Gasteiger partial charge in [-0.3, -0.25) is 4.98 Å². The quantitative estimate of drug-likeness (QED) is 0.751. The first kappa shape index (κ1) is 10.4. The third kappa shape index (κ3) is 1.81. The second-order valence-corrected chi connectivity index (χ2v) is 4.48. The second kappa shape index (κ2) is 4.24. The number of aromatic nitrogens is 2. The Morgan fingerprint density at radius 1 is 1.24 bits per heavy atom. The molecule has 0 aliphatic rings. The van der Waals surface area contributed by atoms with E-state index in [2.05, 4.69) is 9.97 Å². The van der Waals surface area contributed by atoms with Crippen molar-refractivity contribution in [2.24, 2.45) is 0 Å². The van der Waals surface area contributed by atoms with Crippen molar-refractivity contribution in [3.8, 4) is 0 Å². The summed E-state index contributed by atoms with van der Waals surface area (Å²) < 4.78 is 0. The lowest BCUT2D eigenvalue weighted by Crippen LogP contribution is -2.00. The minimum Gasteiger partial charge on any atom is -0.382 e. The maximum Gasteiger partial charge on any atom is 0.122 e. The van der Waals surface area contributed by atoms with Crippen LogP contribution in [0.25, 0.3) is 10.8 Å². The lowest BCUT2D eigenvalue weighted by Gasteiger charge is -2.11. The molecule has 0 bridgehead atoms. The highest BCUT2D eigenvalue weighted by atomic mass is 32.1. The maximum absolute atomic E-state index is 10.3. The molecule has 2 aromatic heterocycles. The van der Waals surface area contributed by atoms with E-state index in [1.807, 2.05) is 29.6 Å². The molecule has 1 N–H and O–H groups in total. The fraction of sp³-hybridized carbons (Fsp3) is 0.0769. The number of aliphatic hydroxyl groups is 1. The molecule has 3 rings (SSSR count). The van der Waals surface area contributed by atoms with E-state index in [9.17, 15) is 5.11 Å². The van der Waals surface area contributed by atoms with Crippen molar-refractivity contribution < 1.29 is 5.11 Å². The average Bonchev–Trinajstić information content (AvgIpc) is 2.91. The molecule has 0 radical (unpaired) electrons. The van der Waals surface area contributed by atoms with Crippen molar-refractivity contribution in [1.29, 1.82) is 0 Å². The molecule has 0 saturated heterocycles. The summed E-state index contributed by atoms with van der Waals surface area (Å²) in [4.78, 5) is 8.23. The van der Waals surface area contributed by atoms with Crippen molar-refractivity contribution in [2.75, 3.05) is 0 Å². The molecule has 3 nitrogen and oxygen atoms in total. The number of benzene rings is 1. The molecule has 1 atom stereocenters. The number of nitrogens with zero attached hydrogens (tertiary/aromatic N) is 2. The van der Waals surface area contributed by atoms with Crippen molar-refractivity contribution in [3.63, 3.8) is 0 Å². The van der Waals surface area contributed by atoms with Gasteiger partial charge < -0.3 is 5.11 Å². The van der Waals surface area contributed by atoms with E-state index in [1.54, 1.807) is 17.9 Å². The van der Waals surface area contributed by atoms with Crippen LogP contribution in [0.5, 0.6) is 0 Å². The number of pyridine rings is 1. The van der Waals surface area contributed by atoms with Crippen molar-refractivity contribution in [2.45, 2.75) is 6.10 Å². The lowest BCUT2D eigenvalue weighted by atomic mass is 10.0. The molecule has 2 heterocycles. The zero-order valence-corrected chi connectivity index (χ0v) is 9.76. The summed E-state index contributed by atoms with van der Waals surface area (Å²) in [7, 11) is 0. The number of rotatable bonds is 2. The van der Waals surface area contributed by atoms with Gasteiger partial charge in [0.1, 0.15) is 6.10 Å². The molecule has 3 aromatic rings. The predicted molar refractivity (Wildman–Crippen MR) is 67.9 cm³/mol. The second-order valence-electron chi connectivity index (χ2n) is 3.76. The van der Waals surface area contributed by atoms with Crippen LogP contribution in [0.4, 0.5) is 0 Å². The Balaban J connectivity index is 2.17. The Kier molecular flexibility index (Phi) is 2.59. The molecule has 0 fully saturated rings. The van der Waals surface area contributed by atoms with Crippen LogP contribution in [-0.2, 0) is 0 Å². The van der Waals surface area contributed by atoms with Crippen molar-refractivity contribution in [3.05, 3.63) is 58.8 Å². The molecule has 0 amide bonds. The van der Waals surface area contributed by atoms with E-state index in [4.69, 9.17) is 0 Å². The number of hydrogen-bond acceptors (Lipinski definition) is 4. The van der Waals surface area contributed by atoms with E-state index in [0.29, 0.717) is 5.69 Å². The smallest absolute Gasteiger partial charge is 0.122 e. The normalized spacial score (nSPS) is 12.8. The minimum absolute atomic E-state index is 0.674. The van der Waals surface area contributed by atoms with Crippen LogP contribution in [0.3, 0.4) is 0 Å². The molecule has 0 aliphatic heterocycles. The van der Waals surface area contributed by atoms with E-state index >= 15 is 0 Å². The molecular formula is C13H10N2OS. The van der Waals surface area contributed by atoms with E-state index in [0.717, 1.165) is 16.3 Å². The first-order valence-corrected chi connectivity index (χ1v) is 6.19. The topological polar surface area (TPSA) is 46.0 Å². The molecule has 84 valence electrons. The highest BCUT2D eigenvalue weighted by Gasteiger charge is 2.14. The Hall–Kier alpha value is -1.78. The molecule has 0 aliphatic carbocycles. The van der Waals surface area contributed by atoms with Gasteiger partial charge in [-0.1, -0.05) is 18.2 Å². The zero-order valence-electron chi connectivity index (χ0n) is 8.95. The van der Waals surface area contributed by atoms with Crippen molar-refractivity contribution in [1.82, 2.24) is 9.97 Å². The Labute approximate surface area is 102 Å². The minimum atomic E-state index is -0.674. The summed E-state index contributed by atoms with van der Waals surface area (Å²) in [6, 6.07) is 7.75. The zero-order chi connectivity index (χ0) is 11.7. The Morgan fingerprint density at radius 2 is 2.18 bits per heavy atom. The van der Waals surface area contributed by atoms with Gasteiger partial charge in [0.05, 0.1) is 11.2 Å². The van der Waals surface area contributed by atoms with Crippen LogP contribution in [0.2, 0.25) is 0 Å². The summed E-state index contributed by atoms with van der Waals surface area (Å²) in [6.07, 6.45) is 2.86. The number of hydrogen-bond donors (Lipinski definition) is 1. The monoisotopic (exact) mass is 242 g/mol. The maximum atomic E-state index is 10.3. The average molecular weight is 242 g/mol. The first-order chi connectivity index (χ1) is 8.36. The van der Waals surface area contributed by atoms with Gasteiger partial charge in [-0.25, -0.2) is 4.98 Å². The van der Waals surface area contributed by atoms with Crippen molar-refractivity contribution >= 4 is 22.1 Å². The molecule has 1 unspecified atom stereocenters. The van der Waals surface area contributed by atoms with Crippen LogP contribution < -0.4 is 0 Å². The fourth-order valence-corrected chi connectivity index (χ4v) is 2.47. The van der Waals surface area contributed by atoms with Gasteiger partial charge in [0, 0.05) is 23.2 Å². The van der Waals surface area contributed by atoms with Crippen LogP contribution in [0.15, 0.2) is 47.5 Å². The Morgan fingerprint density at radius 3 is 3.00 bits per heavy atom. The lowest BCUT2D eigenvalue weighted by molar-refractivity contribution is 0.217. The largest absolute Gasteiger partial charge is 0.382 e.